The van der Waals surface area contributed by atoms with Crippen molar-refractivity contribution in [3.8, 4) is 0 Å². The van der Waals surface area contributed by atoms with E-state index in [1.54, 1.807) is 24.3 Å². The summed E-state index contributed by atoms with van der Waals surface area (Å²) in [6.07, 6.45) is 1.05. The maximum atomic E-state index is 11.6. The fraction of sp³-hybridized carbons (Fsp3) is 0.214. The van der Waals surface area contributed by atoms with Crippen molar-refractivity contribution >= 4 is 23.5 Å². The maximum Gasteiger partial charge on any atom is 0.354 e. The normalized spacial score (nSPS) is 10.7. The Morgan fingerprint density at radius 3 is 2.52 bits per heavy atom. The molecule has 0 unspecified atom stereocenters. The fourth-order valence-corrected chi connectivity index (χ4v) is 1.55. The highest BCUT2D eigenvalue weighted by molar-refractivity contribution is 5.98. The zero-order valence-electron chi connectivity index (χ0n) is 11.7. The molecule has 0 fully saturated rings. The van der Waals surface area contributed by atoms with Crippen LogP contribution in [0, 0.1) is 0 Å². The molecule has 0 aliphatic heterocycles. The van der Waals surface area contributed by atoms with Crippen molar-refractivity contribution in [2.24, 2.45) is 5.73 Å². The average Bonchev–Trinajstić information content (AvgIpc) is 2.45. The number of hydrogen-bond donors (Lipinski definition) is 2. The molecule has 0 aliphatic carbocycles. The molecule has 0 spiro atoms. The van der Waals surface area contributed by atoms with Crippen molar-refractivity contribution in [2.45, 2.75) is 6.42 Å². The van der Waals surface area contributed by atoms with Gasteiger partial charge in [0.2, 0.25) is 5.91 Å². The molecular formula is C14H16N2O5. The Labute approximate surface area is 121 Å². The van der Waals surface area contributed by atoms with E-state index in [2.05, 4.69) is 14.8 Å². The zero-order chi connectivity index (χ0) is 15.8. The summed E-state index contributed by atoms with van der Waals surface area (Å²) in [5.74, 6) is -1.89. The van der Waals surface area contributed by atoms with Crippen LogP contribution < -0.4 is 11.1 Å². The van der Waals surface area contributed by atoms with Gasteiger partial charge in [0, 0.05) is 5.69 Å². The lowest BCUT2D eigenvalue weighted by molar-refractivity contribution is -0.138. The second-order valence-corrected chi connectivity index (χ2v) is 4.04. The molecule has 3 N–H and O–H groups in total. The Hall–Kier alpha value is -2.83. The number of amides is 1. The second-order valence-electron chi connectivity index (χ2n) is 4.04. The van der Waals surface area contributed by atoms with Crippen molar-refractivity contribution < 1.29 is 23.9 Å². The van der Waals surface area contributed by atoms with Gasteiger partial charge in [0.05, 0.1) is 26.7 Å². The molecule has 0 saturated carbocycles. The van der Waals surface area contributed by atoms with Crippen LogP contribution in [0.25, 0.3) is 0 Å². The third kappa shape index (κ3) is 5.35. The second kappa shape index (κ2) is 7.68. The van der Waals surface area contributed by atoms with Gasteiger partial charge in [-0.3, -0.25) is 4.79 Å². The summed E-state index contributed by atoms with van der Waals surface area (Å²) >= 11 is 0. The molecule has 112 valence electrons. The van der Waals surface area contributed by atoms with Crippen molar-refractivity contribution in [3.05, 3.63) is 41.6 Å². The summed E-state index contributed by atoms with van der Waals surface area (Å²) in [5.41, 5.74) is 6.22. The molecular weight excluding hydrogens is 276 g/mol. The van der Waals surface area contributed by atoms with Crippen LogP contribution in [0.2, 0.25) is 0 Å². The number of rotatable bonds is 6. The lowest BCUT2D eigenvalue weighted by Crippen LogP contribution is -2.16. The Balaban J connectivity index is 2.98. The van der Waals surface area contributed by atoms with E-state index >= 15 is 0 Å². The van der Waals surface area contributed by atoms with Gasteiger partial charge in [-0.25, -0.2) is 9.59 Å². The van der Waals surface area contributed by atoms with Gasteiger partial charge in [-0.05, 0) is 17.7 Å². The first-order chi connectivity index (χ1) is 9.96. The minimum atomic E-state index is -0.722. The van der Waals surface area contributed by atoms with Gasteiger partial charge in [0.25, 0.3) is 0 Å². The average molecular weight is 292 g/mol. The first kappa shape index (κ1) is 16.2. The third-order valence-electron chi connectivity index (χ3n) is 2.45. The monoisotopic (exact) mass is 292 g/mol. The summed E-state index contributed by atoms with van der Waals surface area (Å²) in [7, 11) is 2.39. The fourth-order valence-electron chi connectivity index (χ4n) is 1.55. The number of anilines is 1. The predicted octanol–water partition coefficient (Wildman–Crippen LogP) is 0.356. The van der Waals surface area contributed by atoms with E-state index in [4.69, 9.17) is 5.73 Å². The zero-order valence-corrected chi connectivity index (χ0v) is 11.7. The third-order valence-corrected chi connectivity index (χ3v) is 2.45. The highest BCUT2D eigenvalue weighted by atomic mass is 16.5. The van der Waals surface area contributed by atoms with Gasteiger partial charge in [-0.15, -0.1) is 0 Å². The van der Waals surface area contributed by atoms with Crippen LogP contribution in [-0.4, -0.2) is 32.1 Å². The summed E-state index contributed by atoms with van der Waals surface area (Å²) in [5, 5.41) is 2.74. The Kier molecular flexibility index (Phi) is 5.94. The standard InChI is InChI=1S/C14H16N2O5/c1-20-13(18)8-11(14(19)21-2)16-10-5-3-4-9(6-10)7-12(15)17/h3-6,8,16H,7H2,1-2H3,(H2,15,17)/b11-8+. The van der Waals surface area contributed by atoms with E-state index in [1.807, 2.05) is 0 Å². The first-order valence-corrected chi connectivity index (χ1v) is 5.98. The van der Waals surface area contributed by atoms with E-state index in [0.29, 0.717) is 11.3 Å². The van der Waals surface area contributed by atoms with E-state index in [-0.39, 0.29) is 12.1 Å². The first-order valence-electron chi connectivity index (χ1n) is 5.98. The van der Waals surface area contributed by atoms with Gasteiger partial charge >= 0.3 is 11.9 Å². The highest BCUT2D eigenvalue weighted by Crippen LogP contribution is 2.14. The van der Waals surface area contributed by atoms with E-state index < -0.39 is 17.8 Å². The highest BCUT2D eigenvalue weighted by Gasteiger charge is 2.13. The number of ether oxygens (including phenoxy) is 2. The predicted molar refractivity (Wildman–Crippen MR) is 75.1 cm³/mol. The van der Waals surface area contributed by atoms with Crippen LogP contribution >= 0.6 is 0 Å². The van der Waals surface area contributed by atoms with Crippen LogP contribution in [0.3, 0.4) is 0 Å². The minimum Gasteiger partial charge on any atom is -0.466 e. The number of nitrogens with two attached hydrogens (primary N) is 1. The van der Waals surface area contributed by atoms with Crippen molar-refractivity contribution in [1.29, 1.82) is 0 Å². The van der Waals surface area contributed by atoms with E-state index in [0.717, 1.165) is 6.08 Å². The SMILES string of the molecule is COC(=O)/C=C(/Nc1cccc(CC(N)=O)c1)C(=O)OC. The van der Waals surface area contributed by atoms with Crippen molar-refractivity contribution in [1.82, 2.24) is 0 Å². The maximum absolute atomic E-state index is 11.6. The molecule has 0 aliphatic rings. The summed E-state index contributed by atoms with van der Waals surface area (Å²) < 4.78 is 9.04. The van der Waals surface area contributed by atoms with Crippen molar-refractivity contribution in [2.75, 3.05) is 19.5 Å². The molecule has 0 saturated heterocycles. The van der Waals surface area contributed by atoms with Crippen LogP contribution in [-0.2, 0) is 30.3 Å². The molecule has 0 bridgehead atoms. The summed E-state index contributed by atoms with van der Waals surface area (Å²) in [6, 6.07) is 6.71. The quantitative estimate of drug-likeness (QED) is 0.579. The number of carbonyl (C=O) groups is 3. The molecule has 1 aromatic carbocycles. The molecule has 1 amide bonds. The Morgan fingerprint density at radius 1 is 1.24 bits per heavy atom. The molecule has 0 aromatic heterocycles. The molecule has 0 atom stereocenters. The van der Waals surface area contributed by atoms with E-state index in [1.165, 1.54) is 14.2 Å². The molecule has 1 aromatic rings. The van der Waals surface area contributed by atoms with Gasteiger partial charge in [-0.1, -0.05) is 12.1 Å². The van der Waals surface area contributed by atoms with Crippen LogP contribution in [0.15, 0.2) is 36.0 Å². The minimum absolute atomic E-state index is 0.0732. The lowest BCUT2D eigenvalue weighted by Gasteiger charge is -2.10. The molecule has 7 nitrogen and oxygen atoms in total. The largest absolute Gasteiger partial charge is 0.466 e. The molecule has 0 radical (unpaired) electrons. The van der Waals surface area contributed by atoms with Gasteiger partial charge in [-0.2, -0.15) is 0 Å². The lowest BCUT2D eigenvalue weighted by atomic mass is 10.1. The number of esters is 2. The number of benzene rings is 1. The summed E-state index contributed by atoms with van der Waals surface area (Å²) in [4.78, 5) is 33.7. The Bertz CT molecular complexity index is 580. The van der Waals surface area contributed by atoms with Crippen LogP contribution in [0.1, 0.15) is 5.56 Å². The van der Waals surface area contributed by atoms with E-state index in [9.17, 15) is 14.4 Å². The van der Waals surface area contributed by atoms with Crippen LogP contribution in [0.5, 0.6) is 0 Å². The topological polar surface area (TPSA) is 108 Å². The van der Waals surface area contributed by atoms with Gasteiger partial charge in [0.1, 0.15) is 5.70 Å². The van der Waals surface area contributed by atoms with Crippen molar-refractivity contribution in [3.63, 3.8) is 0 Å². The number of primary amides is 1. The molecule has 0 heterocycles. The molecule has 21 heavy (non-hydrogen) atoms. The number of hydrogen-bond acceptors (Lipinski definition) is 6. The number of nitrogens with one attached hydrogen (secondary N) is 1. The molecule has 1 rings (SSSR count). The van der Waals surface area contributed by atoms with Gasteiger partial charge in [0.15, 0.2) is 0 Å². The molecule has 7 heteroatoms. The summed E-state index contributed by atoms with van der Waals surface area (Å²) in [6.45, 7) is 0. The number of carbonyl (C=O) groups excluding carboxylic acids is 3. The Morgan fingerprint density at radius 2 is 1.95 bits per heavy atom. The smallest absolute Gasteiger partial charge is 0.354 e. The van der Waals surface area contributed by atoms with Crippen LogP contribution in [0.4, 0.5) is 5.69 Å². The number of methoxy groups -OCH3 is 2. The van der Waals surface area contributed by atoms with Gasteiger partial charge < -0.3 is 20.5 Å².